The summed E-state index contributed by atoms with van der Waals surface area (Å²) in [5.74, 6) is -2.72. The highest BCUT2D eigenvalue weighted by molar-refractivity contribution is 7.89. The number of carboxylic acids is 1. The van der Waals surface area contributed by atoms with E-state index in [-0.39, 0.29) is 29.5 Å². The second-order valence-corrected chi connectivity index (χ2v) is 7.07. The van der Waals surface area contributed by atoms with E-state index in [9.17, 15) is 18.0 Å². The molecule has 0 bridgehead atoms. The van der Waals surface area contributed by atoms with Gasteiger partial charge in [0.15, 0.2) is 0 Å². The minimum Gasteiger partial charge on any atom is -0.481 e. The molecule has 0 aromatic heterocycles. The number of rotatable bonds is 4. The molecule has 1 aliphatic rings. The van der Waals surface area contributed by atoms with Crippen molar-refractivity contribution < 1.29 is 23.1 Å². The SMILES string of the molecule is C[C@@H]1CN(S(=O)(=O)c2cccc(C(N)=O)c2)C[C@H]1C(=O)O. The van der Waals surface area contributed by atoms with E-state index in [2.05, 4.69) is 0 Å². The molecule has 0 spiro atoms. The van der Waals surface area contributed by atoms with Crippen molar-refractivity contribution in [3.63, 3.8) is 0 Å². The average molecular weight is 312 g/mol. The highest BCUT2D eigenvalue weighted by Gasteiger charge is 2.40. The lowest BCUT2D eigenvalue weighted by Gasteiger charge is -2.16. The smallest absolute Gasteiger partial charge is 0.308 e. The first-order chi connectivity index (χ1) is 9.73. The summed E-state index contributed by atoms with van der Waals surface area (Å²) in [6.07, 6.45) is 0. The molecule has 1 aromatic rings. The van der Waals surface area contributed by atoms with Gasteiger partial charge in [0.2, 0.25) is 15.9 Å². The van der Waals surface area contributed by atoms with E-state index in [0.29, 0.717) is 0 Å². The molecule has 0 unspecified atom stereocenters. The molecule has 1 aliphatic heterocycles. The van der Waals surface area contributed by atoms with Crippen LogP contribution in [-0.4, -0.2) is 42.8 Å². The molecule has 1 aromatic carbocycles. The number of nitrogens with two attached hydrogens (primary N) is 1. The molecule has 1 fully saturated rings. The Balaban J connectivity index is 2.33. The molecule has 21 heavy (non-hydrogen) atoms. The molecule has 3 N–H and O–H groups in total. The zero-order chi connectivity index (χ0) is 15.8. The van der Waals surface area contributed by atoms with Crippen molar-refractivity contribution in [1.82, 2.24) is 4.31 Å². The number of aliphatic carboxylic acids is 1. The number of nitrogens with zero attached hydrogens (tertiary/aromatic N) is 1. The van der Waals surface area contributed by atoms with Crippen LogP contribution in [0.5, 0.6) is 0 Å². The number of primary amides is 1. The molecule has 1 heterocycles. The van der Waals surface area contributed by atoms with Gasteiger partial charge in [0.05, 0.1) is 10.8 Å². The maximum Gasteiger partial charge on any atom is 0.308 e. The summed E-state index contributed by atoms with van der Waals surface area (Å²) in [6, 6.07) is 5.42. The van der Waals surface area contributed by atoms with Gasteiger partial charge in [0.1, 0.15) is 0 Å². The molecule has 2 rings (SSSR count). The van der Waals surface area contributed by atoms with Gasteiger partial charge in [-0.1, -0.05) is 13.0 Å². The van der Waals surface area contributed by atoms with Crippen molar-refractivity contribution in [2.45, 2.75) is 11.8 Å². The molecule has 0 aliphatic carbocycles. The number of amides is 1. The first-order valence-corrected chi connectivity index (χ1v) is 7.80. The fourth-order valence-electron chi connectivity index (χ4n) is 2.40. The normalized spacial score (nSPS) is 23.1. The third-order valence-electron chi connectivity index (χ3n) is 3.65. The van der Waals surface area contributed by atoms with Crippen LogP contribution in [-0.2, 0) is 14.8 Å². The molecule has 0 saturated carbocycles. The van der Waals surface area contributed by atoms with Gasteiger partial charge in [0, 0.05) is 18.7 Å². The van der Waals surface area contributed by atoms with E-state index in [1.807, 2.05) is 0 Å². The Morgan fingerprint density at radius 2 is 2.00 bits per heavy atom. The van der Waals surface area contributed by atoms with Gasteiger partial charge in [-0.15, -0.1) is 0 Å². The number of carbonyl (C=O) groups excluding carboxylic acids is 1. The number of hydrogen-bond donors (Lipinski definition) is 2. The first-order valence-electron chi connectivity index (χ1n) is 6.36. The first kappa shape index (κ1) is 15.5. The van der Waals surface area contributed by atoms with E-state index in [1.165, 1.54) is 24.3 Å². The van der Waals surface area contributed by atoms with Gasteiger partial charge in [0.25, 0.3) is 0 Å². The highest BCUT2D eigenvalue weighted by Crippen LogP contribution is 2.28. The van der Waals surface area contributed by atoms with Gasteiger partial charge >= 0.3 is 5.97 Å². The van der Waals surface area contributed by atoms with Gasteiger partial charge in [-0.05, 0) is 24.1 Å². The molecule has 2 atom stereocenters. The predicted octanol–water partition coefficient (Wildman–Crippen LogP) is 0.127. The lowest BCUT2D eigenvalue weighted by molar-refractivity contribution is -0.142. The highest BCUT2D eigenvalue weighted by atomic mass is 32.2. The Bertz CT molecular complexity index is 686. The fourth-order valence-corrected chi connectivity index (χ4v) is 4.01. The van der Waals surface area contributed by atoms with Crippen LogP contribution in [0.2, 0.25) is 0 Å². The molecule has 7 nitrogen and oxygen atoms in total. The largest absolute Gasteiger partial charge is 0.481 e. The Labute approximate surface area is 122 Å². The van der Waals surface area contributed by atoms with Crippen LogP contribution < -0.4 is 5.73 Å². The zero-order valence-corrected chi connectivity index (χ0v) is 12.2. The van der Waals surface area contributed by atoms with Gasteiger partial charge in [-0.3, -0.25) is 9.59 Å². The van der Waals surface area contributed by atoms with Crippen molar-refractivity contribution in [1.29, 1.82) is 0 Å². The van der Waals surface area contributed by atoms with Crippen molar-refractivity contribution >= 4 is 21.9 Å². The van der Waals surface area contributed by atoms with E-state index >= 15 is 0 Å². The maximum atomic E-state index is 12.5. The standard InChI is InChI=1S/C13H16N2O5S/c1-8-6-15(7-11(8)13(17)18)21(19,20)10-4-2-3-9(5-10)12(14)16/h2-5,8,11H,6-7H2,1H3,(H2,14,16)(H,17,18)/t8-,11-/m1/s1. The van der Waals surface area contributed by atoms with Gasteiger partial charge in [-0.2, -0.15) is 4.31 Å². The van der Waals surface area contributed by atoms with E-state index in [4.69, 9.17) is 10.8 Å². The molecule has 1 saturated heterocycles. The fraction of sp³-hybridized carbons (Fsp3) is 0.385. The summed E-state index contributed by atoms with van der Waals surface area (Å²) in [7, 11) is -3.83. The minimum absolute atomic E-state index is 0.0583. The van der Waals surface area contributed by atoms with Crippen LogP contribution >= 0.6 is 0 Å². The average Bonchev–Trinajstić information content (AvgIpc) is 2.82. The van der Waals surface area contributed by atoms with Crippen LogP contribution in [0.1, 0.15) is 17.3 Å². The maximum absolute atomic E-state index is 12.5. The van der Waals surface area contributed by atoms with Crippen LogP contribution in [0.25, 0.3) is 0 Å². The summed E-state index contributed by atoms with van der Waals surface area (Å²) >= 11 is 0. The number of benzene rings is 1. The van der Waals surface area contributed by atoms with E-state index in [1.54, 1.807) is 6.92 Å². The molecule has 114 valence electrons. The van der Waals surface area contributed by atoms with Crippen molar-refractivity contribution in [3.05, 3.63) is 29.8 Å². The summed E-state index contributed by atoms with van der Waals surface area (Å²) in [4.78, 5) is 22.2. The van der Waals surface area contributed by atoms with Gasteiger partial charge in [-0.25, -0.2) is 8.42 Å². The molecule has 0 radical (unpaired) electrons. The van der Waals surface area contributed by atoms with Crippen molar-refractivity contribution in [2.75, 3.05) is 13.1 Å². The quantitative estimate of drug-likeness (QED) is 0.819. The van der Waals surface area contributed by atoms with Crippen molar-refractivity contribution in [3.8, 4) is 0 Å². The Hall–Kier alpha value is -1.93. The Morgan fingerprint density at radius 3 is 2.52 bits per heavy atom. The third-order valence-corrected chi connectivity index (χ3v) is 5.48. The topological polar surface area (TPSA) is 118 Å². The van der Waals surface area contributed by atoms with E-state index in [0.717, 1.165) is 4.31 Å². The molecular weight excluding hydrogens is 296 g/mol. The number of carbonyl (C=O) groups is 2. The van der Waals surface area contributed by atoms with Gasteiger partial charge < -0.3 is 10.8 Å². The summed E-state index contributed by atoms with van der Waals surface area (Å²) in [5, 5.41) is 9.07. The Morgan fingerprint density at radius 1 is 1.33 bits per heavy atom. The number of sulfonamides is 1. The second kappa shape index (κ2) is 5.45. The Kier molecular flexibility index (Phi) is 4.02. The molecule has 1 amide bonds. The van der Waals surface area contributed by atoms with Crippen LogP contribution in [0.3, 0.4) is 0 Å². The lowest BCUT2D eigenvalue weighted by atomic mass is 9.99. The number of carboxylic acid groups (broad SMARTS) is 1. The van der Waals surface area contributed by atoms with Crippen LogP contribution in [0.15, 0.2) is 29.2 Å². The number of hydrogen-bond acceptors (Lipinski definition) is 4. The lowest BCUT2D eigenvalue weighted by Crippen LogP contribution is -2.30. The molecular formula is C13H16N2O5S. The van der Waals surface area contributed by atoms with Crippen LogP contribution in [0, 0.1) is 11.8 Å². The summed E-state index contributed by atoms with van der Waals surface area (Å²) in [5.41, 5.74) is 5.23. The summed E-state index contributed by atoms with van der Waals surface area (Å²) in [6.45, 7) is 1.77. The van der Waals surface area contributed by atoms with E-state index < -0.39 is 27.8 Å². The predicted molar refractivity (Wildman–Crippen MR) is 74.0 cm³/mol. The monoisotopic (exact) mass is 312 g/mol. The molecule has 8 heteroatoms. The third kappa shape index (κ3) is 2.91. The van der Waals surface area contributed by atoms with Crippen molar-refractivity contribution in [2.24, 2.45) is 17.6 Å². The summed E-state index contributed by atoms with van der Waals surface area (Å²) < 4.78 is 26.1. The van der Waals surface area contributed by atoms with Crippen LogP contribution in [0.4, 0.5) is 0 Å². The zero-order valence-electron chi connectivity index (χ0n) is 11.4. The second-order valence-electron chi connectivity index (χ2n) is 5.14. The minimum atomic E-state index is -3.83.